The van der Waals surface area contributed by atoms with Crippen LogP contribution in [0.3, 0.4) is 0 Å². The molecule has 2 heterocycles. The average Bonchev–Trinajstić information content (AvgIpc) is 3.34. The molecule has 36 heavy (non-hydrogen) atoms. The van der Waals surface area contributed by atoms with Crippen LogP contribution in [0.2, 0.25) is 0 Å². The zero-order valence-corrected chi connectivity index (χ0v) is 20.7. The molecule has 188 valence electrons. The van der Waals surface area contributed by atoms with Gasteiger partial charge < -0.3 is 19.7 Å². The van der Waals surface area contributed by atoms with Gasteiger partial charge >= 0.3 is 0 Å². The van der Waals surface area contributed by atoms with E-state index in [0.717, 1.165) is 53.6 Å². The van der Waals surface area contributed by atoms with Crippen LogP contribution in [0, 0.1) is 11.7 Å². The SMILES string of the molecule is CC[C@@H]1CCN(CCOc2ccc(C3Oc4cc(O)ccc4C(C)=C3c3ccc(O)c(F)c3)cc2)C1. The van der Waals surface area contributed by atoms with Crippen LogP contribution in [0.25, 0.3) is 11.1 Å². The molecule has 1 unspecified atom stereocenters. The smallest absolute Gasteiger partial charge is 0.165 e. The van der Waals surface area contributed by atoms with Crippen LogP contribution in [0.1, 0.15) is 49.5 Å². The minimum absolute atomic E-state index is 0.117. The Morgan fingerprint density at radius 3 is 2.58 bits per heavy atom. The number of likely N-dealkylation sites (tertiary alicyclic amines) is 1. The molecule has 0 radical (unpaired) electrons. The number of allylic oxidation sites excluding steroid dienone is 1. The Bertz CT molecular complexity index is 1270. The Labute approximate surface area is 211 Å². The van der Waals surface area contributed by atoms with Crippen molar-refractivity contribution in [1.29, 1.82) is 0 Å². The van der Waals surface area contributed by atoms with Gasteiger partial charge in [-0.25, -0.2) is 4.39 Å². The highest BCUT2D eigenvalue weighted by Gasteiger charge is 2.30. The molecule has 5 rings (SSSR count). The molecule has 1 saturated heterocycles. The largest absolute Gasteiger partial charge is 0.508 e. The minimum Gasteiger partial charge on any atom is -0.508 e. The summed E-state index contributed by atoms with van der Waals surface area (Å²) < 4.78 is 26.7. The van der Waals surface area contributed by atoms with E-state index in [0.29, 0.717) is 17.9 Å². The van der Waals surface area contributed by atoms with Crippen molar-refractivity contribution < 1.29 is 24.1 Å². The van der Waals surface area contributed by atoms with E-state index in [4.69, 9.17) is 9.47 Å². The molecule has 0 spiro atoms. The quantitative estimate of drug-likeness (QED) is 0.401. The summed E-state index contributed by atoms with van der Waals surface area (Å²) in [5, 5.41) is 19.7. The third-order valence-electron chi connectivity index (χ3n) is 7.35. The Morgan fingerprint density at radius 1 is 1.06 bits per heavy atom. The van der Waals surface area contributed by atoms with Gasteiger partial charge in [0.05, 0.1) is 0 Å². The normalized spacial score (nSPS) is 19.8. The zero-order valence-electron chi connectivity index (χ0n) is 20.7. The number of halogens is 1. The van der Waals surface area contributed by atoms with Crippen molar-refractivity contribution in [1.82, 2.24) is 4.90 Å². The number of aromatic hydroxyl groups is 2. The molecule has 2 aliphatic heterocycles. The topological polar surface area (TPSA) is 62.2 Å². The van der Waals surface area contributed by atoms with Crippen molar-refractivity contribution in [3.8, 4) is 23.0 Å². The molecule has 2 aliphatic rings. The molecule has 2 atom stereocenters. The third kappa shape index (κ3) is 4.91. The van der Waals surface area contributed by atoms with Crippen LogP contribution in [0.5, 0.6) is 23.0 Å². The fraction of sp³-hybridized carbons (Fsp3) is 0.333. The zero-order chi connectivity index (χ0) is 25.2. The Balaban J connectivity index is 1.38. The summed E-state index contributed by atoms with van der Waals surface area (Å²) in [5.74, 6) is 1.20. The van der Waals surface area contributed by atoms with Gasteiger partial charge in [0.2, 0.25) is 0 Å². The second-order valence-electron chi connectivity index (χ2n) is 9.66. The lowest BCUT2D eigenvalue weighted by atomic mass is 9.86. The number of phenols is 2. The van der Waals surface area contributed by atoms with Gasteiger partial charge in [-0.15, -0.1) is 0 Å². The van der Waals surface area contributed by atoms with E-state index in [1.165, 1.54) is 25.0 Å². The standard InChI is InChI=1S/C30H32FNO4/c1-3-20-12-13-32(18-20)14-15-35-24-8-4-21(5-9-24)30-29(22-6-11-27(34)26(31)16-22)19(2)25-10-7-23(33)17-28(25)36-30/h4-11,16-17,20,30,33-34H,3,12-15,18H2,1-2H3/t20-,30?/m1/s1. The predicted octanol–water partition coefficient (Wildman–Crippen LogP) is 6.41. The lowest BCUT2D eigenvalue weighted by Gasteiger charge is -2.31. The van der Waals surface area contributed by atoms with Crippen molar-refractivity contribution >= 4 is 11.1 Å². The highest BCUT2D eigenvalue weighted by Crippen LogP contribution is 2.47. The molecular formula is C30H32FNO4. The van der Waals surface area contributed by atoms with E-state index in [1.54, 1.807) is 24.3 Å². The third-order valence-corrected chi connectivity index (χ3v) is 7.35. The van der Waals surface area contributed by atoms with E-state index in [2.05, 4.69) is 11.8 Å². The van der Waals surface area contributed by atoms with Crippen molar-refractivity contribution in [2.45, 2.75) is 32.8 Å². The van der Waals surface area contributed by atoms with E-state index >= 15 is 0 Å². The van der Waals surface area contributed by atoms with Crippen LogP contribution in [0.15, 0.2) is 60.7 Å². The first-order chi connectivity index (χ1) is 17.4. The first kappa shape index (κ1) is 24.2. The maximum atomic E-state index is 14.3. The second-order valence-corrected chi connectivity index (χ2v) is 9.66. The van der Waals surface area contributed by atoms with Crippen molar-refractivity contribution in [2.24, 2.45) is 5.92 Å². The number of benzene rings is 3. The Hall–Kier alpha value is -3.51. The fourth-order valence-electron chi connectivity index (χ4n) is 5.20. The first-order valence-electron chi connectivity index (χ1n) is 12.6. The molecule has 0 amide bonds. The van der Waals surface area contributed by atoms with E-state index in [-0.39, 0.29) is 5.75 Å². The van der Waals surface area contributed by atoms with Gasteiger partial charge in [0, 0.05) is 30.3 Å². The summed E-state index contributed by atoms with van der Waals surface area (Å²) in [6.45, 7) is 8.07. The predicted molar refractivity (Wildman–Crippen MR) is 139 cm³/mol. The molecule has 5 nitrogen and oxygen atoms in total. The summed E-state index contributed by atoms with van der Waals surface area (Å²) in [6.07, 6.45) is 1.99. The lowest BCUT2D eigenvalue weighted by Crippen LogP contribution is -2.26. The van der Waals surface area contributed by atoms with Gasteiger partial charge in [-0.05, 0) is 78.9 Å². The number of hydrogen-bond donors (Lipinski definition) is 2. The van der Waals surface area contributed by atoms with Gasteiger partial charge in [0.1, 0.15) is 30.0 Å². The monoisotopic (exact) mass is 489 g/mol. The summed E-state index contributed by atoms with van der Waals surface area (Å²) in [6, 6.07) is 17.2. The second kappa shape index (κ2) is 10.2. The number of nitrogens with zero attached hydrogens (tertiary/aromatic N) is 1. The summed E-state index contributed by atoms with van der Waals surface area (Å²) in [4.78, 5) is 2.46. The van der Waals surface area contributed by atoms with Crippen molar-refractivity contribution in [2.75, 3.05) is 26.2 Å². The van der Waals surface area contributed by atoms with Crippen LogP contribution < -0.4 is 9.47 Å². The van der Waals surface area contributed by atoms with Crippen molar-refractivity contribution in [3.05, 3.63) is 83.2 Å². The molecule has 3 aromatic rings. The molecule has 2 N–H and O–H groups in total. The van der Waals surface area contributed by atoms with Gasteiger partial charge in [-0.2, -0.15) is 0 Å². The minimum atomic E-state index is -0.685. The van der Waals surface area contributed by atoms with Crippen LogP contribution in [0.4, 0.5) is 4.39 Å². The number of phenolic OH excluding ortho intramolecular Hbond substituents is 2. The average molecular weight is 490 g/mol. The lowest BCUT2D eigenvalue weighted by molar-refractivity contribution is 0.232. The van der Waals surface area contributed by atoms with E-state index in [9.17, 15) is 14.6 Å². The van der Waals surface area contributed by atoms with Gasteiger partial charge in [-0.3, -0.25) is 4.90 Å². The number of rotatable bonds is 7. The molecule has 3 aromatic carbocycles. The van der Waals surface area contributed by atoms with Gasteiger partial charge in [0.15, 0.2) is 11.6 Å². The van der Waals surface area contributed by atoms with Crippen LogP contribution >= 0.6 is 0 Å². The van der Waals surface area contributed by atoms with E-state index in [1.807, 2.05) is 31.2 Å². The Kier molecular flexibility index (Phi) is 6.88. The molecule has 0 saturated carbocycles. The van der Waals surface area contributed by atoms with Gasteiger partial charge in [-0.1, -0.05) is 31.5 Å². The Morgan fingerprint density at radius 2 is 1.86 bits per heavy atom. The maximum Gasteiger partial charge on any atom is 0.165 e. The number of fused-ring (bicyclic) bond motifs is 1. The molecule has 0 aromatic heterocycles. The highest BCUT2D eigenvalue weighted by atomic mass is 19.1. The first-order valence-corrected chi connectivity index (χ1v) is 12.6. The summed E-state index contributed by atoms with van der Waals surface area (Å²) in [5.41, 5.74) is 4.06. The molecular weight excluding hydrogens is 457 g/mol. The molecule has 6 heteroatoms. The molecule has 0 aliphatic carbocycles. The fourth-order valence-corrected chi connectivity index (χ4v) is 5.20. The van der Waals surface area contributed by atoms with E-state index < -0.39 is 17.7 Å². The number of ether oxygens (including phenoxy) is 2. The van der Waals surface area contributed by atoms with Gasteiger partial charge in [0.25, 0.3) is 0 Å². The van der Waals surface area contributed by atoms with Crippen LogP contribution in [-0.2, 0) is 0 Å². The molecule has 0 bridgehead atoms. The molecule has 1 fully saturated rings. The maximum absolute atomic E-state index is 14.3. The van der Waals surface area contributed by atoms with Crippen molar-refractivity contribution in [3.63, 3.8) is 0 Å². The summed E-state index contributed by atoms with van der Waals surface area (Å²) >= 11 is 0. The summed E-state index contributed by atoms with van der Waals surface area (Å²) in [7, 11) is 0. The number of hydrogen-bond acceptors (Lipinski definition) is 5. The van der Waals surface area contributed by atoms with Crippen LogP contribution in [-0.4, -0.2) is 41.4 Å². The highest BCUT2D eigenvalue weighted by molar-refractivity contribution is 5.95.